The number of carboxylic acids is 2. The summed E-state index contributed by atoms with van der Waals surface area (Å²) in [5.74, 6) is -2.72. The molecule has 0 saturated carbocycles. The lowest BCUT2D eigenvalue weighted by Gasteiger charge is -2.14. The standard InChI is InChI=1S/C13H13Br2NO5/c14-8-4-7(5-9(15)6-8)12(19)16-10(13(20)21)2-1-3-11(17)18/h4-6,10H,1-3H2,(H,16,19)(H,17,18)(H,20,21)/t10-/m1/s1. The third-order valence-corrected chi connectivity index (χ3v) is 3.53. The molecule has 1 atom stereocenters. The highest BCUT2D eigenvalue weighted by Crippen LogP contribution is 2.20. The number of carbonyl (C=O) groups excluding carboxylic acids is 1. The van der Waals surface area contributed by atoms with E-state index in [4.69, 9.17) is 10.2 Å². The van der Waals surface area contributed by atoms with Gasteiger partial charge in [-0.25, -0.2) is 4.79 Å². The minimum absolute atomic E-state index is 0.0581. The smallest absolute Gasteiger partial charge is 0.326 e. The van der Waals surface area contributed by atoms with Crippen LogP contribution in [0.25, 0.3) is 0 Å². The van der Waals surface area contributed by atoms with E-state index < -0.39 is 23.9 Å². The van der Waals surface area contributed by atoms with E-state index in [1.165, 1.54) is 0 Å². The first-order chi connectivity index (χ1) is 9.79. The van der Waals surface area contributed by atoms with Crippen molar-refractivity contribution in [3.63, 3.8) is 0 Å². The predicted molar refractivity (Wildman–Crippen MR) is 82.2 cm³/mol. The normalized spacial score (nSPS) is 11.7. The van der Waals surface area contributed by atoms with Crippen molar-refractivity contribution in [3.8, 4) is 0 Å². The van der Waals surface area contributed by atoms with Crippen LogP contribution in [0.1, 0.15) is 29.6 Å². The van der Waals surface area contributed by atoms with E-state index in [0.29, 0.717) is 14.5 Å². The monoisotopic (exact) mass is 421 g/mol. The second kappa shape index (κ2) is 8.14. The first kappa shape index (κ1) is 17.6. The third kappa shape index (κ3) is 6.26. The number of nitrogens with one attached hydrogen (secondary N) is 1. The van der Waals surface area contributed by atoms with Crippen LogP contribution in [0.4, 0.5) is 0 Å². The summed E-state index contributed by atoms with van der Waals surface area (Å²) in [4.78, 5) is 33.5. The average molecular weight is 423 g/mol. The molecule has 0 aliphatic rings. The van der Waals surface area contributed by atoms with Gasteiger partial charge in [-0.05, 0) is 31.0 Å². The first-order valence-corrected chi connectivity index (χ1v) is 7.59. The molecule has 114 valence electrons. The summed E-state index contributed by atoms with van der Waals surface area (Å²) < 4.78 is 1.36. The zero-order valence-electron chi connectivity index (χ0n) is 10.8. The van der Waals surface area contributed by atoms with Gasteiger partial charge in [0.25, 0.3) is 5.91 Å². The largest absolute Gasteiger partial charge is 0.481 e. The second-order valence-corrected chi connectivity index (χ2v) is 6.14. The number of rotatable bonds is 7. The maximum atomic E-state index is 12.0. The van der Waals surface area contributed by atoms with Crippen molar-refractivity contribution in [1.29, 1.82) is 0 Å². The number of hydrogen-bond donors (Lipinski definition) is 3. The number of halogens is 2. The van der Waals surface area contributed by atoms with Crippen molar-refractivity contribution in [1.82, 2.24) is 5.32 Å². The van der Waals surface area contributed by atoms with Gasteiger partial charge in [-0.3, -0.25) is 9.59 Å². The van der Waals surface area contributed by atoms with Crippen molar-refractivity contribution in [2.24, 2.45) is 0 Å². The molecule has 0 bridgehead atoms. The van der Waals surface area contributed by atoms with E-state index >= 15 is 0 Å². The van der Waals surface area contributed by atoms with Gasteiger partial charge in [0, 0.05) is 20.9 Å². The summed E-state index contributed by atoms with van der Waals surface area (Å²) in [6, 6.07) is 3.76. The SMILES string of the molecule is O=C(O)CCC[C@@H](NC(=O)c1cc(Br)cc(Br)c1)C(=O)O. The Morgan fingerprint density at radius 1 is 1.10 bits per heavy atom. The molecule has 0 saturated heterocycles. The van der Waals surface area contributed by atoms with E-state index in [1.54, 1.807) is 18.2 Å². The van der Waals surface area contributed by atoms with Crippen LogP contribution < -0.4 is 5.32 Å². The Morgan fingerprint density at radius 3 is 2.14 bits per heavy atom. The van der Waals surface area contributed by atoms with Crippen LogP contribution in [0.3, 0.4) is 0 Å². The molecule has 0 spiro atoms. The topological polar surface area (TPSA) is 104 Å². The van der Waals surface area contributed by atoms with Crippen LogP contribution in [0.2, 0.25) is 0 Å². The predicted octanol–water partition coefficient (Wildman–Crippen LogP) is 2.65. The highest BCUT2D eigenvalue weighted by Gasteiger charge is 2.21. The van der Waals surface area contributed by atoms with Crippen LogP contribution in [0.5, 0.6) is 0 Å². The van der Waals surface area contributed by atoms with Crippen molar-refractivity contribution < 1.29 is 24.6 Å². The molecule has 0 aliphatic carbocycles. The maximum absolute atomic E-state index is 12.0. The Labute approximate surface area is 137 Å². The molecule has 8 heteroatoms. The highest BCUT2D eigenvalue weighted by atomic mass is 79.9. The summed E-state index contributed by atoms with van der Waals surface area (Å²) in [7, 11) is 0. The molecular weight excluding hydrogens is 410 g/mol. The Morgan fingerprint density at radius 2 is 1.67 bits per heavy atom. The van der Waals surface area contributed by atoms with Crippen LogP contribution in [0.15, 0.2) is 27.1 Å². The Bertz CT molecular complexity index is 541. The summed E-state index contributed by atoms with van der Waals surface area (Å²) in [5, 5.41) is 20.0. The fraction of sp³-hybridized carbons (Fsp3) is 0.308. The summed E-state index contributed by atoms with van der Waals surface area (Å²) in [6.45, 7) is 0. The van der Waals surface area contributed by atoms with E-state index in [2.05, 4.69) is 37.2 Å². The molecule has 0 heterocycles. The van der Waals surface area contributed by atoms with Crippen molar-refractivity contribution >= 4 is 49.7 Å². The summed E-state index contributed by atoms with van der Waals surface area (Å²) >= 11 is 6.49. The molecule has 1 amide bonds. The Kier molecular flexibility index (Phi) is 6.83. The second-order valence-electron chi connectivity index (χ2n) is 4.31. The zero-order chi connectivity index (χ0) is 16.0. The van der Waals surface area contributed by atoms with E-state index in [-0.39, 0.29) is 19.3 Å². The molecule has 1 rings (SSSR count). The molecule has 21 heavy (non-hydrogen) atoms. The van der Waals surface area contributed by atoms with Gasteiger partial charge in [0.2, 0.25) is 0 Å². The quantitative estimate of drug-likeness (QED) is 0.626. The molecule has 0 fully saturated rings. The van der Waals surface area contributed by atoms with Crippen LogP contribution in [0, 0.1) is 0 Å². The van der Waals surface area contributed by atoms with Crippen molar-refractivity contribution in [2.75, 3.05) is 0 Å². The van der Waals surface area contributed by atoms with Crippen molar-refractivity contribution in [3.05, 3.63) is 32.7 Å². The van der Waals surface area contributed by atoms with Crippen LogP contribution >= 0.6 is 31.9 Å². The molecular formula is C13H13Br2NO5. The van der Waals surface area contributed by atoms with E-state index in [1.807, 2.05) is 0 Å². The minimum atomic E-state index is -1.19. The van der Waals surface area contributed by atoms with Gasteiger partial charge in [0.1, 0.15) is 6.04 Å². The molecule has 0 unspecified atom stereocenters. The lowest BCUT2D eigenvalue weighted by atomic mass is 10.1. The molecule has 0 aromatic heterocycles. The van der Waals surface area contributed by atoms with E-state index in [0.717, 1.165) is 0 Å². The number of carboxylic acid groups (broad SMARTS) is 2. The van der Waals surface area contributed by atoms with Crippen molar-refractivity contribution in [2.45, 2.75) is 25.3 Å². The molecule has 3 N–H and O–H groups in total. The van der Waals surface area contributed by atoms with Gasteiger partial charge < -0.3 is 15.5 Å². The number of carbonyl (C=O) groups is 3. The molecule has 1 aromatic rings. The lowest BCUT2D eigenvalue weighted by molar-refractivity contribution is -0.140. The number of hydrogen-bond acceptors (Lipinski definition) is 3. The number of amides is 1. The van der Waals surface area contributed by atoms with Gasteiger partial charge in [-0.15, -0.1) is 0 Å². The van der Waals surface area contributed by atoms with Gasteiger partial charge in [-0.2, -0.15) is 0 Å². The summed E-state index contributed by atoms with van der Waals surface area (Å²) in [6.07, 6.45) is 0.0966. The minimum Gasteiger partial charge on any atom is -0.481 e. The van der Waals surface area contributed by atoms with Gasteiger partial charge >= 0.3 is 11.9 Å². The fourth-order valence-electron chi connectivity index (χ4n) is 1.64. The lowest BCUT2D eigenvalue weighted by Crippen LogP contribution is -2.40. The number of aliphatic carboxylic acids is 2. The average Bonchev–Trinajstić information content (AvgIpc) is 2.35. The summed E-state index contributed by atoms with van der Waals surface area (Å²) in [5.41, 5.74) is 0.306. The Hall–Kier alpha value is -1.41. The third-order valence-electron chi connectivity index (χ3n) is 2.61. The molecule has 0 radical (unpaired) electrons. The zero-order valence-corrected chi connectivity index (χ0v) is 14.0. The van der Waals surface area contributed by atoms with Gasteiger partial charge in [0.15, 0.2) is 0 Å². The maximum Gasteiger partial charge on any atom is 0.326 e. The molecule has 6 nitrogen and oxygen atoms in total. The van der Waals surface area contributed by atoms with Gasteiger partial charge in [0.05, 0.1) is 0 Å². The number of benzene rings is 1. The van der Waals surface area contributed by atoms with E-state index in [9.17, 15) is 14.4 Å². The molecule has 1 aromatic carbocycles. The first-order valence-electron chi connectivity index (χ1n) is 6.01. The van der Waals surface area contributed by atoms with Crippen LogP contribution in [-0.4, -0.2) is 34.1 Å². The van der Waals surface area contributed by atoms with Crippen LogP contribution in [-0.2, 0) is 9.59 Å². The Balaban J connectivity index is 2.71. The highest BCUT2D eigenvalue weighted by molar-refractivity contribution is 9.11. The molecule has 0 aliphatic heterocycles. The fourth-order valence-corrected chi connectivity index (χ4v) is 2.93. The van der Waals surface area contributed by atoms with Gasteiger partial charge in [-0.1, -0.05) is 31.9 Å².